The summed E-state index contributed by atoms with van der Waals surface area (Å²) in [6, 6.07) is 12.8. The van der Waals surface area contributed by atoms with Crippen LogP contribution in [0.3, 0.4) is 0 Å². The van der Waals surface area contributed by atoms with Crippen molar-refractivity contribution in [2.24, 2.45) is 0 Å². The molecule has 0 aliphatic rings. The van der Waals surface area contributed by atoms with Gasteiger partial charge in [0.15, 0.2) is 5.82 Å². The molecule has 4 nitrogen and oxygen atoms in total. The number of hydrogen-bond donors (Lipinski definition) is 1. The second-order valence-corrected chi connectivity index (χ2v) is 5.73. The molecule has 0 aliphatic heterocycles. The fourth-order valence-corrected chi connectivity index (χ4v) is 3.19. The maximum Gasteiger partial charge on any atom is 0.160 e. The van der Waals surface area contributed by atoms with Crippen LogP contribution in [0.15, 0.2) is 60.2 Å². The molecule has 0 unspecified atom stereocenters. The Morgan fingerprint density at radius 3 is 2.59 bits per heavy atom. The summed E-state index contributed by atoms with van der Waals surface area (Å²) in [7, 11) is 0. The van der Waals surface area contributed by atoms with Gasteiger partial charge in [0, 0.05) is 23.5 Å². The lowest BCUT2D eigenvalue weighted by atomic mass is 10.1. The van der Waals surface area contributed by atoms with Crippen LogP contribution in [0.2, 0.25) is 0 Å². The normalized spacial score (nSPS) is 10.9. The minimum Gasteiger partial charge on any atom is -0.508 e. The SMILES string of the molecule is Oc1cccc(-c2nc(-c3ccncc3)c3sccc3n2)c1. The summed E-state index contributed by atoms with van der Waals surface area (Å²) in [5.41, 5.74) is 3.60. The number of aromatic nitrogens is 3. The largest absolute Gasteiger partial charge is 0.508 e. The van der Waals surface area contributed by atoms with Crippen molar-refractivity contribution in [2.75, 3.05) is 0 Å². The van der Waals surface area contributed by atoms with Gasteiger partial charge in [-0.05, 0) is 35.7 Å². The Kier molecular flexibility index (Phi) is 3.05. The highest BCUT2D eigenvalue weighted by Gasteiger charge is 2.12. The summed E-state index contributed by atoms with van der Waals surface area (Å²) in [4.78, 5) is 13.4. The van der Waals surface area contributed by atoms with E-state index in [-0.39, 0.29) is 5.75 Å². The van der Waals surface area contributed by atoms with Crippen molar-refractivity contribution < 1.29 is 5.11 Å². The third kappa shape index (κ3) is 2.21. The fourth-order valence-electron chi connectivity index (χ4n) is 2.34. The third-order valence-electron chi connectivity index (χ3n) is 3.36. The van der Waals surface area contributed by atoms with Crippen LogP contribution in [0.1, 0.15) is 0 Å². The lowest BCUT2D eigenvalue weighted by Crippen LogP contribution is -1.93. The van der Waals surface area contributed by atoms with Crippen LogP contribution < -0.4 is 0 Å². The Balaban J connectivity index is 1.98. The van der Waals surface area contributed by atoms with Crippen LogP contribution in [0.4, 0.5) is 0 Å². The van der Waals surface area contributed by atoms with Gasteiger partial charge in [0.25, 0.3) is 0 Å². The van der Waals surface area contributed by atoms with E-state index >= 15 is 0 Å². The number of benzene rings is 1. The van der Waals surface area contributed by atoms with E-state index in [9.17, 15) is 5.11 Å². The Labute approximate surface area is 130 Å². The van der Waals surface area contributed by atoms with Crippen LogP contribution in [0.5, 0.6) is 5.75 Å². The van der Waals surface area contributed by atoms with Crippen molar-refractivity contribution in [1.29, 1.82) is 0 Å². The molecule has 0 bridgehead atoms. The maximum absolute atomic E-state index is 9.67. The molecule has 0 spiro atoms. The number of pyridine rings is 1. The number of phenolic OH excluding ortho intramolecular Hbond substituents is 1. The molecule has 0 fully saturated rings. The zero-order valence-electron chi connectivity index (χ0n) is 11.5. The van der Waals surface area contributed by atoms with E-state index in [1.807, 2.05) is 29.6 Å². The van der Waals surface area contributed by atoms with Gasteiger partial charge in [-0.25, -0.2) is 9.97 Å². The molecule has 22 heavy (non-hydrogen) atoms. The van der Waals surface area contributed by atoms with Gasteiger partial charge >= 0.3 is 0 Å². The zero-order valence-corrected chi connectivity index (χ0v) is 12.3. The quantitative estimate of drug-likeness (QED) is 0.605. The number of nitrogens with zero attached hydrogens (tertiary/aromatic N) is 3. The van der Waals surface area contributed by atoms with Crippen molar-refractivity contribution in [1.82, 2.24) is 15.0 Å². The van der Waals surface area contributed by atoms with E-state index in [2.05, 4.69) is 9.97 Å². The molecule has 1 aromatic carbocycles. The van der Waals surface area contributed by atoms with Crippen molar-refractivity contribution >= 4 is 21.6 Å². The summed E-state index contributed by atoms with van der Waals surface area (Å²) >= 11 is 1.62. The number of rotatable bonds is 2. The van der Waals surface area contributed by atoms with E-state index in [4.69, 9.17) is 4.98 Å². The van der Waals surface area contributed by atoms with Crippen molar-refractivity contribution in [2.45, 2.75) is 0 Å². The number of aromatic hydroxyl groups is 1. The predicted octanol–water partition coefficient (Wildman–Crippen LogP) is 4.13. The van der Waals surface area contributed by atoms with E-state index in [1.54, 1.807) is 41.9 Å². The molecule has 0 aliphatic carbocycles. The van der Waals surface area contributed by atoms with Crippen LogP contribution in [0.25, 0.3) is 32.9 Å². The Morgan fingerprint density at radius 1 is 0.909 bits per heavy atom. The molecule has 4 rings (SSSR count). The lowest BCUT2D eigenvalue weighted by molar-refractivity contribution is 0.475. The highest BCUT2D eigenvalue weighted by Crippen LogP contribution is 2.32. The highest BCUT2D eigenvalue weighted by atomic mass is 32.1. The standard InChI is InChI=1S/C17H11N3OS/c21-13-3-1-2-12(10-13)17-19-14-6-9-22-16(14)15(20-17)11-4-7-18-8-5-11/h1-10,21H. The second-order valence-electron chi connectivity index (χ2n) is 4.82. The zero-order chi connectivity index (χ0) is 14.9. The molecule has 0 amide bonds. The van der Waals surface area contributed by atoms with Gasteiger partial charge in [0.2, 0.25) is 0 Å². The molecule has 4 aromatic rings. The first-order chi connectivity index (χ1) is 10.8. The first-order valence-electron chi connectivity index (χ1n) is 6.76. The van der Waals surface area contributed by atoms with Crippen molar-refractivity contribution in [3.05, 3.63) is 60.2 Å². The average molecular weight is 305 g/mol. The molecule has 5 heteroatoms. The molecule has 3 heterocycles. The van der Waals surface area contributed by atoms with E-state index in [0.717, 1.165) is 27.0 Å². The van der Waals surface area contributed by atoms with Crippen LogP contribution >= 0.6 is 11.3 Å². The lowest BCUT2D eigenvalue weighted by Gasteiger charge is -2.06. The van der Waals surface area contributed by atoms with Crippen LogP contribution in [-0.2, 0) is 0 Å². The van der Waals surface area contributed by atoms with E-state index in [1.165, 1.54) is 0 Å². The Bertz CT molecular complexity index is 950. The number of hydrogen-bond acceptors (Lipinski definition) is 5. The Hall–Kier alpha value is -2.79. The van der Waals surface area contributed by atoms with Gasteiger partial charge in [0.05, 0.1) is 15.9 Å². The van der Waals surface area contributed by atoms with Gasteiger partial charge in [-0.15, -0.1) is 11.3 Å². The van der Waals surface area contributed by atoms with Gasteiger partial charge in [0.1, 0.15) is 5.75 Å². The van der Waals surface area contributed by atoms with Crippen molar-refractivity contribution in [3.63, 3.8) is 0 Å². The van der Waals surface area contributed by atoms with Gasteiger partial charge in [-0.1, -0.05) is 12.1 Å². The minimum atomic E-state index is 0.206. The summed E-state index contributed by atoms with van der Waals surface area (Å²) < 4.78 is 1.05. The highest BCUT2D eigenvalue weighted by molar-refractivity contribution is 7.17. The number of fused-ring (bicyclic) bond motifs is 1. The third-order valence-corrected chi connectivity index (χ3v) is 4.27. The summed E-state index contributed by atoms with van der Waals surface area (Å²) in [6.07, 6.45) is 3.51. The Morgan fingerprint density at radius 2 is 1.77 bits per heavy atom. The average Bonchev–Trinajstić information content (AvgIpc) is 3.03. The predicted molar refractivity (Wildman–Crippen MR) is 87.7 cm³/mol. The maximum atomic E-state index is 9.67. The van der Waals surface area contributed by atoms with Gasteiger partial charge < -0.3 is 5.11 Å². The second kappa shape index (κ2) is 5.20. The van der Waals surface area contributed by atoms with E-state index < -0.39 is 0 Å². The molecule has 0 radical (unpaired) electrons. The molecule has 1 N–H and O–H groups in total. The van der Waals surface area contributed by atoms with Crippen molar-refractivity contribution in [3.8, 4) is 28.4 Å². The molecular weight excluding hydrogens is 294 g/mol. The van der Waals surface area contributed by atoms with E-state index in [0.29, 0.717) is 5.82 Å². The topological polar surface area (TPSA) is 58.9 Å². The molecular formula is C17H11N3OS. The molecule has 0 saturated carbocycles. The van der Waals surface area contributed by atoms with Gasteiger partial charge in [-0.2, -0.15) is 0 Å². The number of phenols is 1. The summed E-state index contributed by atoms with van der Waals surface area (Å²) in [6.45, 7) is 0. The monoisotopic (exact) mass is 305 g/mol. The van der Waals surface area contributed by atoms with Gasteiger partial charge in [-0.3, -0.25) is 4.98 Å². The summed E-state index contributed by atoms with van der Waals surface area (Å²) in [5, 5.41) is 11.7. The summed E-state index contributed by atoms with van der Waals surface area (Å²) in [5.74, 6) is 0.811. The molecule has 0 saturated heterocycles. The number of thiophene rings is 1. The molecule has 3 aromatic heterocycles. The first kappa shape index (κ1) is 12.9. The van der Waals surface area contributed by atoms with Crippen LogP contribution in [0, 0.1) is 0 Å². The first-order valence-corrected chi connectivity index (χ1v) is 7.64. The van der Waals surface area contributed by atoms with Crippen LogP contribution in [-0.4, -0.2) is 20.1 Å². The molecule has 0 atom stereocenters. The smallest absolute Gasteiger partial charge is 0.160 e. The molecule has 106 valence electrons. The fraction of sp³-hybridized carbons (Fsp3) is 0. The minimum absolute atomic E-state index is 0.206.